The van der Waals surface area contributed by atoms with Crippen molar-refractivity contribution in [3.8, 4) is 6.07 Å². The van der Waals surface area contributed by atoms with Crippen LogP contribution in [0.2, 0.25) is 0 Å². The summed E-state index contributed by atoms with van der Waals surface area (Å²) >= 11 is 0. The Morgan fingerprint density at radius 3 is 2.47 bits per heavy atom. The van der Waals surface area contributed by atoms with Gasteiger partial charge in [0, 0.05) is 36.2 Å². The maximum atomic E-state index is 14.8. The lowest BCUT2D eigenvalue weighted by Crippen LogP contribution is -2.59. The second-order valence-corrected chi connectivity index (χ2v) is 10.7. The predicted molar refractivity (Wildman–Crippen MR) is 130 cm³/mol. The number of likely N-dealkylation sites (tertiary alicyclic amines) is 1. The first kappa shape index (κ1) is 24.9. The first-order chi connectivity index (χ1) is 17.3. The molecule has 2 aliphatic heterocycles. The molecule has 3 saturated carbocycles. The van der Waals surface area contributed by atoms with E-state index in [2.05, 4.69) is 10.6 Å². The second kappa shape index (κ2) is 9.94. The van der Waals surface area contributed by atoms with Crippen LogP contribution in [0.4, 0.5) is 20.2 Å². The minimum absolute atomic E-state index is 0.0248. The van der Waals surface area contributed by atoms with Crippen LogP contribution in [0.5, 0.6) is 0 Å². The largest absolute Gasteiger partial charge is 0.378 e. The number of nitrogens with one attached hydrogen (secondary N) is 2. The van der Waals surface area contributed by atoms with Crippen LogP contribution in [-0.2, 0) is 14.3 Å². The number of anilines is 2. The van der Waals surface area contributed by atoms with E-state index in [4.69, 9.17) is 4.74 Å². The molecule has 5 aliphatic rings. The lowest BCUT2D eigenvalue weighted by Gasteiger charge is -2.52. The molecule has 0 unspecified atom stereocenters. The molecule has 2 bridgehead atoms. The number of carbonyl (C=O) groups excluding carboxylic acids is 2. The summed E-state index contributed by atoms with van der Waals surface area (Å²) in [5, 5.41) is 15.5. The summed E-state index contributed by atoms with van der Waals surface area (Å²) in [7, 11) is 0. The Hall–Kier alpha value is -2.77. The van der Waals surface area contributed by atoms with E-state index >= 15 is 0 Å². The van der Waals surface area contributed by atoms with E-state index in [-0.39, 0.29) is 42.7 Å². The van der Waals surface area contributed by atoms with Crippen molar-refractivity contribution in [3.05, 3.63) is 24.0 Å². The van der Waals surface area contributed by atoms with E-state index < -0.39 is 17.6 Å². The van der Waals surface area contributed by atoms with E-state index in [0.717, 1.165) is 19.3 Å². The molecular formula is C26H33F2N5O3. The molecule has 36 heavy (non-hydrogen) atoms. The van der Waals surface area contributed by atoms with Crippen LogP contribution in [-0.4, -0.2) is 73.9 Å². The van der Waals surface area contributed by atoms with Crippen molar-refractivity contribution in [2.45, 2.75) is 62.7 Å². The Morgan fingerprint density at radius 1 is 1.14 bits per heavy atom. The number of ether oxygens (including phenoxy) is 1. The summed E-state index contributed by atoms with van der Waals surface area (Å²) in [5.41, 5.74) is 0.265. The molecule has 2 amide bonds. The highest BCUT2D eigenvalue weighted by atomic mass is 19.1. The molecule has 0 aromatic heterocycles. The fraction of sp³-hybridized carbons (Fsp3) is 0.654. The minimum Gasteiger partial charge on any atom is -0.378 e. The maximum Gasteiger partial charge on any atom is 0.237 e. The number of halogens is 2. The summed E-state index contributed by atoms with van der Waals surface area (Å²) in [5.74, 6) is -0.685. The zero-order valence-electron chi connectivity index (χ0n) is 20.4. The van der Waals surface area contributed by atoms with Gasteiger partial charge in [0.25, 0.3) is 0 Å². The van der Waals surface area contributed by atoms with Crippen molar-refractivity contribution < 1.29 is 23.1 Å². The Kier molecular flexibility index (Phi) is 6.88. The number of benzene rings is 1. The zero-order chi connectivity index (χ0) is 25.3. The Morgan fingerprint density at radius 2 is 1.83 bits per heavy atom. The van der Waals surface area contributed by atoms with Gasteiger partial charge in [-0.05, 0) is 56.7 Å². The third-order valence-corrected chi connectivity index (χ3v) is 8.62. The van der Waals surface area contributed by atoms with Gasteiger partial charge in [-0.3, -0.25) is 9.59 Å². The topological polar surface area (TPSA) is 97.7 Å². The Bertz CT molecular complexity index is 1030. The van der Waals surface area contributed by atoms with Crippen LogP contribution in [0.25, 0.3) is 0 Å². The molecule has 2 saturated heterocycles. The van der Waals surface area contributed by atoms with Crippen molar-refractivity contribution in [3.63, 3.8) is 0 Å². The molecule has 1 aromatic carbocycles. The smallest absolute Gasteiger partial charge is 0.237 e. The minimum atomic E-state index is -1.15. The standard InChI is InChI=1S/C26H33F2N5O3/c27-18-13-20(15-29)33(17-18)23(34)16-30-26-6-3-25(4-7-26,5-8-26)24(35)31-19-1-2-22(21(28)14-19)32-9-11-36-12-10-32/h1-2,14,18,20,30H,3-13,16-17H2,(H,31,35)/t18-,20-,25?,26?/m0/s1. The molecule has 0 spiro atoms. The van der Waals surface area contributed by atoms with Gasteiger partial charge in [-0.25, -0.2) is 8.78 Å². The van der Waals surface area contributed by atoms with Crippen molar-refractivity contribution >= 4 is 23.2 Å². The quantitative estimate of drug-likeness (QED) is 0.622. The molecule has 10 heteroatoms. The van der Waals surface area contributed by atoms with E-state index in [1.807, 2.05) is 11.0 Å². The van der Waals surface area contributed by atoms with Crippen molar-refractivity contribution in [1.29, 1.82) is 5.26 Å². The fourth-order valence-corrected chi connectivity index (χ4v) is 6.25. The van der Waals surface area contributed by atoms with Gasteiger partial charge in [-0.15, -0.1) is 0 Å². The van der Waals surface area contributed by atoms with Crippen molar-refractivity contribution in [2.24, 2.45) is 5.41 Å². The molecule has 2 atom stereocenters. The molecule has 5 fully saturated rings. The monoisotopic (exact) mass is 501 g/mol. The number of nitrogens with zero attached hydrogens (tertiary/aromatic N) is 3. The lowest BCUT2D eigenvalue weighted by atomic mass is 9.57. The summed E-state index contributed by atoms with van der Waals surface area (Å²) in [6, 6.07) is 6.17. The highest BCUT2D eigenvalue weighted by Crippen LogP contribution is 2.52. The van der Waals surface area contributed by atoms with E-state index in [1.165, 1.54) is 11.0 Å². The zero-order valence-corrected chi connectivity index (χ0v) is 20.4. The number of rotatable bonds is 6. The fourth-order valence-electron chi connectivity index (χ4n) is 6.25. The van der Waals surface area contributed by atoms with Crippen LogP contribution < -0.4 is 15.5 Å². The molecule has 6 rings (SSSR count). The highest BCUT2D eigenvalue weighted by Gasteiger charge is 2.52. The number of morpholine rings is 1. The van der Waals surface area contributed by atoms with Gasteiger partial charge in [0.1, 0.15) is 18.0 Å². The molecule has 194 valence electrons. The van der Waals surface area contributed by atoms with Gasteiger partial charge in [-0.2, -0.15) is 5.26 Å². The van der Waals surface area contributed by atoms with Crippen LogP contribution >= 0.6 is 0 Å². The molecule has 2 N–H and O–H groups in total. The number of hydrogen-bond acceptors (Lipinski definition) is 6. The first-order valence-electron chi connectivity index (χ1n) is 12.9. The number of carbonyl (C=O) groups is 2. The molecule has 1 aromatic rings. The highest BCUT2D eigenvalue weighted by molar-refractivity contribution is 5.95. The predicted octanol–water partition coefficient (Wildman–Crippen LogP) is 2.75. The molecule has 8 nitrogen and oxygen atoms in total. The van der Waals surface area contributed by atoms with Gasteiger partial charge in [-0.1, -0.05) is 0 Å². The van der Waals surface area contributed by atoms with E-state index in [9.17, 15) is 23.6 Å². The van der Waals surface area contributed by atoms with Crippen LogP contribution in [0, 0.1) is 22.6 Å². The van der Waals surface area contributed by atoms with Gasteiger partial charge < -0.3 is 25.2 Å². The Balaban J connectivity index is 1.15. The SMILES string of the molecule is N#C[C@@H]1C[C@H](F)CN1C(=O)CNC12CCC(C(=O)Nc3ccc(N4CCOCC4)c(F)c3)(CC1)CC2. The first-order valence-corrected chi connectivity index (χ1v) is 12.9. The molecule has 3 aliphatic carbocycles. The average Bonchev–Trinajstić information content (AvgIpc) is 3.30. The number of hydrogen-bond donors (Lipinski definition) is 2. The maximum absolute atomic E-state index is 14.8. The molecular weight excluding hydrogens is 468 g/mol. The van der Waals surface area contributed by atoms with Crippen LogP contribution in [0.3, 0.4) is 0 Å². The molecule has 0 radical (unpaired) electrons. The number of alkyl halides is 1. The normalized spacial score (nSPS) is 31.8. The van der Waals surface area contributed by atoms with Crippen LogP contribution in [0.15, 0.2) is 18.2 Å². The summed E-state index contributed by atoms with van der Waals surface area (Å²) in [4.78, 5) is 29.2. The van der Waals surface area contributed by atoms with E-state index in [0.29, 0.717) is 56.9 Å². The molecule has 2 heterocycles. The average molecular weight is 502 g/mol. The summed E-state index contributed by atoms with van der Waals surface area (Å²) < 4.78 is 33.8. The Labute approximate surface area is 209 Å². The van der Waals surface area contributed by atoms with Crippen LogP contribution in [0.1, 0.15) is 44.9 Å². The number of nitriles is 1. The summed E-state index contributed by atoms with van der Waals surface area (Å²) in [6.07, 6.45) is 3.25. The third-order valence-electron chi connectivity index (χ3n) is 8.62. The van der Waals surface area contributed by atoms with Gasteiger partial charge in [0.2, 0.25) is 11.8 Å². The second-order valence-electron chi connectivity index (χ2n) is 10.7. The van der Waals surface area contributed by atoms with Crippen molar-refractivity contribution in [1.82, 2.24) is 10.2 Å². The third kappa shape index (κ3) is 4.78. The number of amides is 2. The number of fused-ring (bicyclic) bond motifs is 3. The van der Waals surface area contributed by atoms with E-state index in [1.54, 1.807) is 12.1 Å². The van der Waals surface area contributed by atoms with Gasteiger partial charge in [0.15, 0.2) is 0 Å². The van der Waals surface area contributed by atoms with Gasteiger partial charge >= 0.3 is 0 Å². The van der Waals surface area contributed by atoms with Gasteiger partial charge in [0.05, 0.1) is 38.1 Å². The lowest BCUT2D eigenvalue weighted by molar-refractivity contribution is -0.135. The van der Waals surface area contributed by atoms with Crippen molar-refractivity contribution in [2.75, 3.05) is 49.6 Å². The summed E-state index contributed by atoms with van der Waals surface area (Å²) in [6.45, 7) is 2.46.